The zero-order valence-electron chi connectivity index (χ0n) is 18.2. The summed E-state index contributed by atoms with van der Waals surface area (Å²) in [6.45, 7) is 9.80. The van der Waals surface area contributed by atoms with Gasteiger partial charge in [0.25, 0.3) is 0 Å². The van der Waals surface area contributed by atoms with Crippen molar-refractivity contribution in [2.75, 3.05) is 46.1 Å². The molecule has 29 heavy (non-hydrogen) atoms. The molecule has 0 spiro atoms. The maximum absolute atomic E-state index is 11.5. The molecule has 2 N–H and O–H groups in total. The highest BCUT2D eigenvalue weighted by molar-refractivity contribution is 8.68. The van der Waals surface area contributed by atoms with Gasteiger partial charge in [0.1, 0.15) is 12.0 Å². The van der Waals surface area contributed by atoms with E-state index in [0.29, 0.717) is 26.4 Å². The van der Waals surface area contributed by atoms with E-state index in [-0.39, 0.29) is 29.8 Å². The molecule has 0 aromatic carbocycles. The molecule has 0 saturated heterocycles. The number of rotatable bonds is 20. The first kappa shape index (κ1) is 28.5. The SMILES string of the molecule is CC(OCC(=O)NCCCCCOCCOCCCCCNC(=O)C(C)C)SS. The normalized spacial score (nSPS) is 12.2. The first-order valence-corrected chi connectivity index (χ1v) is 12.5. The second kappa shape index (κ2) is 20.8. The van der Waals surface area contributed by atoms with Crippen LogP contribution in [0, 0.1) is 5.92 Å². The van der Waals surface area contributed by atoms with Gasteiger partial charge in [-0.05, 0) is 45.4 Å². The van der Waals surface area contributed by atoms with E-state index in [9.17, 15) is 9.59 Å². The van der Waals surface area contributed by atoms with Crippen LogP contribution in [0.1, 0.15) is 59.3 Å². The molecule has 1 atom stereocenters. The van der Waals surface area contributed by atoms with Gasteiger partial charge in [0, 0.05) is 32.2 Å². The average molecular weight is 453 g/mol. The van der Waals surface area contributed by atoms with Crippen LogP contribution in [0.5, 0.6) is 0 Å². The third-order valence-corrected chi connectivity index (χ3v) is 5.37. The van der Waals surface area contributed by atoms with Gasteiger partial charge in [-0.25, -0.2) is 0 Å². The summed E-state index contributed by atoms with van der Waals surface area (Å²) in [5, 5.41) is 5.75. The average Bonchev–Trinajstić information content (AvgIpc) is 2.71. The number of carbonyl (C=O) groups is 2. The monoisotopic (exact) mass is 452 g/mol. The Kier molecular flexibility index (Phi) is 20.4. The van der Waals surface area contributed by atoms with Crippen LogP contribution in [-0.2, 0) is 23.8 Å². The highest BCUT2D eigenvalue weighted by Gasteiger charge is 2.05. The summed E-state index contributed by atoms with van der Waals surface area (Å²) < 4.78 is 16.4. The summed E-state index contributed by atoms with van der Waals surface area (Å²) in [6.07, 6.45) is 5.95. The highest BCUT2D eigenvalue weighted by atomic mass is 33.1. The van der Waals surface area contributed by atoms with E-state index in [4.69, 9.17) is 14.2 Å². The van der Waals surface area contributed by atoms with Crippen LogP contribution >= 0.6 is 22.5 Å². The summed E-state index contributed by atoms with van der Waals surface area (Å²) in [4.78, 5) is 22.9. The van der Waals surface area contributed by atoms with Crippen molar-refractivity contribution in [2.45, 2.75) is 64.7 Å². The molecule has 0 aliphatic carbocycles. The molecule has 0 aromatic heterocycles. The van der Waals surface area contributed by atoms with Crippen LogP contribution in [-0.4, -0.2) is 63.4 Å². The molecule has 9 heteroatoms. The molecule has 2 amide bonds. The lowest BCUT2D eigenvalue weighted by molar-refractivity contribution is -0.126. The quantitative estimate of drug-likeness (QED) is 0.114. The Balaban J connectivity index is 3.19. The van der Waals surface area contributed by atoms with E-state index in [1.54, 1.807) is 0 Å². The van der Waals surface area contributed by atoms with Crippen molar-refractivity contribution in [1.29, 1.82) is 0 Å². The molecule has 0 aromatic rings. The van der Waals surface area contributed by atoms with Crippen molar-refractivity contribution in [1.82, 2.24) is 10.6 Å². The summed E-state index contributed by atoms with van der Waals surface area (Å²) in [5.74, 6) is 0.0789. The van der Waals surface area contributed by atoms with E-state index >= 15 is 0 Å². The molecule has 1 unspecified atom stereocenters. The van der Waals surface area contributed by atoms with Crippen LogP contribution in [0.3, 0.4) is 0 Å². The minimum atomic E-state index is -0.0899. The van der Waals surface area contributed by atoms with E-state index in [1.165, 1.54) is 10.8 Å². The van der Waals surface area contributed by atoms with E-state index < -0.39 is 0 Å². The third-order valence-electron chi connectivity index (χ3n) is 4.05. The van der Waals surface area contributed by atoms with Gasteiger partial charge in [0.2, 0.25) is 11.8 Å². The fourth-order valence-corrected chi connectivity index (χ4v) is 2.56. The van der Waals surface area contributed by atoms with Crippen LogP contribution in [0.25, 0.3) is 0 Å². The molecule has 0 aliphatic heterocycles. The number of unbranched alkanes of at least 4 members (excludes halogenated alkanes) is 4. The van der Waals surface area contributed by atoms with Gasteiger partial charge in [-0.15, -0.1) is 11.7 Å². The second-order valence-electron chi connectivity index (χ2n) is 7.13. The van der Waals surface area contributed by atoms with Gasteiger partial charge in [-0.2, -0.15) is 0 Å². The lowest BCUT2D eigenvalue weighted by Gasteiger charge is -2.10. The topological polar surface area (TPSA) is 85.9 Å². The first-order chi connectivity index (χ1) is 14.0. The largest absolute Gasteiger partial charge is 0.379 e. The number of ether oxygens (including phenoxy) is 3. The molecule has 172 valence electrons. The van der Waals surface area contributed by atoms with Crippen LogP contribution in [0.15, 0.2) is 0 Å². The van der Waals surface area contributed by atoms with Crippen LogP contribution in [0.2, 0.25) is 0 Å². The van der Waals surface area contributed by atoms with Crippen molar-refractivity contribution < 1.29 is 23.8 Å². The molecule has 0 fully saturated rings. The molecule has 0 saturated carbocycles. The maximum atomic E-state index is 11.5. The molecule has 0 aliphatic rings. The van der Waals surface area contributed by atoms with E-state index in [1.807, 2.05) is 20.8 Å². The van der Waals surface area contributed by atoms with Crippen LogP contribution < -0.4 is 10.6 Å². The van der Waals surface area contributed by atoms with Crippen molar-refractivity contribution in [3.05, 3.63) is 0 Å². The zero-order chi connectivity index (χ0) is 21.7. The lowest BCUT2D eigenvalue weighted by Crippen LogP contribution is -2.29. The molecule has 0 heterocycles. The molecular formula is C20H40N2O5S2. The Bertz CT molecular complexity index is 414. The number of amides is 2. The number of carbonyl (C=O) groups excluding carboxylic acids is 2. The minimum Gasteiger partial charge on any atom is -0.379 e. The molecular weight excluding hydrogens is 412 g/mol. The van der Waals surface area contributed by atoms with Gasteiger partial charge >= 0.3 is 0 Å². The summed E-state index contributed by atoms with van der Waals surface area (Å²) in [6, 6.07) is 0. The number of hydrogen-bond acceptors (Lipinski definition) is 7. The number of thiol groups is 1. The molecule has 0 rings (SSSR count). The van der Waals surface area contributed by atoms with Crippen molar-refractivity contribution >= 4 is 34.3 Å². The Morgan fingerprint density at radius 3 is 1.90 bits per heavy atom. The second-order valence-corrected chi connectivity index (χ2v) is 8.63. The highest BCUT2D eigenvalue weighted by Crippen LogP contribution is 2.14. The van der Waals surface area contributed by atoms with Gasteiger partial charge in [0.05, 0.1) is 13.2 Å². The van der Waals surface area contributed by atoms with Gasteiger partial charge in [-0.3, -0.25) is 9.59 Å². The Hall–Kier alpha value is -0.480. The van der Waals surface area contributed by atoms with E-state index in [2.05, 4.69) is 22.3 Å². The summed E-state index contributed by atoms with van der Waals surface area (Å²) in [5.41, 5.74) is -0.0889. The standard InChI is InChI=1S/C20H40N2O5S2/c1-17(2)20(24)22-11-7-5-9-13-26-15-14-25-12-8-4-6-10-21-19(23)16-27-18(3)29-28/h17-18,28H,4-16H2,1-3H3,(H,21,23)(H,22,24). The molecule has 7 nitrogen and oxygen atoms in total. The smallest absolute Gasteiger partial charge is 0.246 e. The molecule has 0 bridgehead atoms. The lowest BCUT2D eigenvalue weighted by atomic mass is 10.2. The molecule has 0 radical (unpaired) electrons. The fraction of sp³-hybridized carbons (Fsp3) is 0.900. The fourth-order valence-electron chi connectivity index (χ4n) is 2.25. The number of nitrogens with one attached hydrogen (secondary N) is 2. The number of hydrogen-bond donors (Lipinski definition) is 3. The Morgan fingerprint density at radius 2 is 1.38 bits per heavy atom. The summed E-state index contributed by atoms with van der Waals surface area (Å²) in [7, 11) is 1.27. The Morgan fingerprint density at radius 1 is 0.828 bits per heavy atom. The first-order valence-electron chi connectivity index (χ1n) is 10.6. The van der Waals surface area contributed by atoms with Crippen LogP contribution in [0.4, 0.5) is 0 Å². The summed E-state index contributed by atoms with van der Waals surface area (Å²) >= 11 is 4.02. The van der Waals surface area contributed by atoms with Gasteiger partial charge in [0.15, 0.2) is 0 Å². The van der Waals surface area contributed by atoms with Crippen molar-refractivity contribution in [2.24, 2.45) is 5.92 Å². The van der Waals surface area contributed by atoms with Gasteiger partial charge < -0.3 is 24.8 Å². The minimum absolute atomic E-state index is 0.0515. The predicted octanol–water partition coefficient (Wildman–Crippen LogP) is 3.19. The van der Waals surface area contributed by atoms with E-state index in [0.717, 1.165) is 51.7 Å². The van der Waals surface area contributed by atoms with Crippen molar-refractivity contribution in [3.63, 3.8) is 0 Å². The predicted molar refractivity (Wildman–Crippen MR) is 122 cm³/mol. The maximum Gasteiger partial charge on any atom is 0.246 e. The zero-order valence-corrected chi connectivity index (χ0v) is 20.0. The van der Waals surface area contributed by atoms with Crippen molar-refractivity contribution in [3.8, 4) is 0 Å². The third kappa shape index (κ3) is 20.6. The Labute approximate surface area is 185 Å². The van der Waals surface area contributed by atoms with Gasteiger partial charge in [-0.1, -0.05) is 24.6 Å².